The molecule has 134 valence electrons. The van der Waals surface area contributed by atoms with Crippen LogP contribution in [0.5, 0.6) is 0 Å². The van der Waals surface area contributed by atoms with Gasteiger partial charge in [0.15, 0.2) is 5.96 Å². The van der Waals surface area contributed by atoms with Crippen molar-refractivity contribution in [3.63, 3.8) is 0 Å². The summed E-state index contributed by atoms with van der Waals surface area (Å²) in [5, 5.41) is 6.62. The predicted molar refractivity (Wildman–Crippen MR) is 102 cm³/mol. The molecule has 1 aromatic rings. The number of benzene rings is 1. The van der Waals surface area contributed by atoms with Crippen molar-refractivity contribution in [1.29, 1.82) is 0 Å². The maximum Gasteiger partial charge on any atom is 0.191 e. The van der Waals surface area contributed by atoms with Crippen LogP contribution in [0.1, 0.15) is 25.3 Å². The first-order valence-corrected chi connectivity index (χ1v) is 9.34. The van der Waals surface area contributed by atoms with E-state index in [1.165, 1.54) is 18.4 Å². The molecule has 2 rings (SSSR count). The Labute approximate surface area is 153 Å². The molecule has 0 atom stereocenters. The summed E-state index contributed by atoms with van der Waals surface area (Å²) in [5.74, 6) is 0.856. The molecule has 0 bridgehead atoms. The maximum absolute atomic E-state index is 5.47. The van der Waals surface area contributed by atoms with Gasteiger partial charge in [0, 0.05) is 30.1 Å². The Kier molecular flexibility index (Phi) is 8.02. The van der Waals surface area contributed by atoms with E-state index in [2.05, 4.69) is 57.8 Å². The topological polar surface area (TPSA) is 54.9 Å². The normalized spacial score (nSPS) is 16.0. The molecule has 24 heavy (non-hydrogen) atoms. The number of aliphatic imine (C=N–C) groups is 1. The number of guanidine groups is 1. The molecule has 0 radical (unpaired) electrons. The lowest BCUT2D eigenvalue weighted by Gasteiger charge is -2.16. The molecular weight excluding hydrogens is 370 g/mol. The zero-order valence-corrected chi connectivity index (χ0v) is 16.2. The SMILES string of the molecule is CCNC(=NCC1(c2cccc(Br)c2)CC1)NCCOCCOC. The minimum atomic E-state index is 0.209. The fourth-order valence-corrected chi connectivity index (χ4v) is 2.96. The summed E-state index contributed by atoms with van der Waals surface area (Å²) >= 11 is 3.56. The fraction of sp³-hybridized carbons (Fsp3) is 0.611. The Balaban J connectivity index is 1.84. The number of halogens is 1. The van der Waals surface area contributed by atoms with Gasteiger partial charge in [-0.2, -0.15) is 0 Å². The Morgan fingerprint density at radius 2 is 2.08 bits per heavy atom. The number of hydrogen-bond donors (Lipinski definition) is 2. The van der Waals surface area contributed by atoms with Gasteiger partial charge >= 0.3 is 0 Å². The monoisotopic (exact) mass is 397 g/mol. The van der Waals surface area contributed by atoms with Crippen LogP contribution < -0.4 is 10.6 Å². The number of hydrogen-bond acceptors (Lipinski definition) is 3. The standard InChI is InChI=1S/C18H28BrN3O2/c1-3-20-17(21-9-10-24-12-11-23-2)22-14-18(7-8-18)15-5-4-6-16(19)13-15/h4-6,13H,3,7-12,14H2,1-2H3,(H2,20,21,22). The van der Waals surface area contributed by atoms with Crippen molar-refractivity contribution in [2.75, 3.05) is 46.6 Å². The highest BCUT2D eigenvalue weighted by Crippen LogP contribution is 2.48. The average molecular weight is 398 g/mol. The maximum atomic E-state index is 5.47. The van der Waals surface area contributed by atoms with Gasteiger partial charge in [-0.1, -0.05) is 28.1 Å². The summed E-state index contributed by atoms with van der Waals surface area (Å²) in [6.45, 7) is 6.36. The van der Waals surface area contributed by atoms with E-state index < -0.39 is 0 Å². The molecule has 1 saturated carbocycles. The molecule has 2 N–H and O–H groups in total. The smallest absolute Gasteiger partial charge is 0.191 e. The average Bonchev–Trinajstić information content (AvgIpc) is 3.37. The molecule has 0 aliphatic heterocycles. The molecule has 1 fully saturated rings. The largest absolute Gasteiger partial charge is 0.382 e. The van der Waals surface area contributed by atoms with Crippen LogP contribution in [0, 0.1) is 0 Å². The van der Waals surface area contributed by atoms with Crippen molar-refractivity contribution in [2.45, 2.75) is 25.2 Å². The summed E-state index contributed by atoms with van der Waals surface area (Å²) in [6, 6.07) is 8.59. The lowest BCUT2D eigenvalue weighted by molar-refractivity contribution is 0.0733. The van der Waals surface area contributed by atoms with E-state index >= 15 is 0 Å². The summed E-state index contributed by atoms with van der Waals surface area (Å²) in [4.78, 5) is 4.79. The Morgan fingerprint density at radius 3 is 2.75 bits per heavy atom. The molecule has 0 spiro atoms. The van der Waals surface area contributed by atoms with Gasteiger partial charge in [0.25, 0.3) is 0 Å². The zero-order valence-electron chi connectivity index (χ0n) is 14.6. The second-order valence-corrected chi connectivity index (χ2v) is 6.93. The van der Waals surface area contributed by atoms with E-state index in [0.717, 1.165) is 30.1 Å². The van der Waals surface area contributed by atoms with Crippen molar-refractivity contribution in [3.8, 4) is 0 Å². The lowest BCUT2D eigenvalue weighted by Crippen LogP contribution is -2.39. The number of nitrogens with one attached hydrogen (secondary N) is 2. The second kappa shape index (κ2) is 10.0. The summed E-state index contributed by atoms with van der Waals surface area (Å²) in [5.41, 5.74) is 1.58. The number of rotatable bonds is 10. The van der Waals surface area contributed by atoms with Crippen LogP contribution in [0.25, 0.3) is 0 Å². The van der Waals surface area contributed by atoms with Crippen LogP contribution in [0.15, 0.2) is 33.7 Å². The van der Waals surface area contributed by atoms with Crippen LogP contribution in [0.4, 0.5) is 0 Å². The molecular formula is C18H28BrN3O2. The molecule has 1 aliphatic rings. The van der Waals surface area contributed by atoms with Crippen molar-refractivity contribution >= 4 is 21.9 Å². The molecule has 1 aliphatic carbocycles. The van der Waals surface area contributed by atoms with Gasteiger partial charge in [0.2, 0.25) is 0 Å². The number of nitrogens with zero attached hydrogens (tertiary/aromatic N) is 1. The van der Waals surface area contributed by atoms with E-state index in [1.807, 2.05) is 0 Å². The van der Waals surface area contributed by atoms with Crippen molar-refractivity contribution in [1.82, 2.24) is 10.6 Å². The zero-order chi connectivity index (χ0) is 17.3. The second-order valence-electron chi connectivity index (χ2n) is 6.02. The summed E-state index contributed by atoms with van der Waals surface area (Å²) < 4.78 is 11.6. The first-order chi connectivity index (χ1) is 11.7. The van der Waals surface area contributed by atoms with Gasteiger partial charge in [-0.05, 0) is 37.5 Å². The predicted octanol–water partition coefficient (Wildman–Crippen LogP) is 2.70. The van der Waals surface area contributed by atoms with Gasteiger partial charge in [-0.25, -0.2) is 0 Å². The van der Waals surface area contributed by atoms with E-state index in [4.69, 9.17) is 14.5 Å². The van der Waals surface area contributed by atoms with Crippen LogP contribution >= 0.6 is 15.9 Å². The Morgan fingerprint density at radius 1 is 1.25 bits per heavy atom. The Hall–Kier alpha value is -1.11. The highest BCUT2D eigenvalue weighted by atomic mass is 79.9. The molecule has 6 heteroatoms. The van der Waals surface area contributed by atoms with Gasteiger partial charge in [-0.15, -0.1) is 0 Å². The molecule has 0 unspecified atom stereocenters. The molecule has 0 aromatic heterocycles. The molecule has 0 amide bonds. The van der Waals surface area contributed by atoms with Crippen LogP contribution in [0.2, 0.25) is 0 Å². The van der Waals surface area contributed by atoms with Crippen LogP contribution in [-0.4, -0.2) is 52.5 Å². The highest BCUT2D eigenvalue weighted by Gasteiger charge is 2.44. The highest BCUT2D eigenvalue weighted by molar-refractivity contribution is 9.10. The molecule has 1 aromatic carbocycles. The molecule has 0 heterocycles. The molecule has 0 saturated heterocycles. The van der Waals surface area contributed by atoms with Crippen LogP contribution in [0.3, 0.4) is 0 Å². The van der Waals surface area contributed by atoms with Crippen molar-refractivity contribution < 1.29 is 9.47 Å². The van der Waals surface area contributed by atoms with Crippen molar-refractivity contribution in [3.05, 3.63) is 34.3 Å². The third-order valence-corrected chi connectivity index (χ3v) is 4.64. The Bertz CT molecular complexity index is 533. The van der Waals surface area contributed by atoms with Gasteiger partial charge in [-0.3, -0.25) is 4.99 Å². The third-order valence-electron chi connectivity index (χ3n) is 4.15. The van der Waals surface area contributed by atoms with Gasteiger partial charge in [0.1, 0.15) is 0 Å². The summed E-state index contributed by atoms with van der Waals surface area (Å²) in [6.07, 6.45) is 2.40. The number of methoxy groups -OCH3 is 1. The van der Waals surface area contributed by atoms with E-state index in [1.54, 1.807) is 7.11 Å². The first-order valence-electron chi connectivity index (χ1n) is 8.55. The van der Waals surface area contributed by atoms with E-state index in [9.17, 15) is 0 Å². The van der Waals surface area contributed by atoms with Crippen molar-refractivity contribution in [2.24, 2.45) is 4.99 Å². The third kappa shape index (κ3) is 6.07. The van der Waals surface area contributed by atoms with Gasteiger partial charge in [0.05, 0.1) is 26.4 Å². The molecule has 5 nitrogen and oxygen atoms in total. The fourth-order valence-electron chi connectivity index (χ4n) is 2.57. The summed E-state index contributed by atoms with van der Waals surface area (Å²) in [7, 11) is 1.68. The van der Waals surface area contributed by atoms with E-state index in [0.29, 0.717) is 19.8 Å². The first kappa shape index (κ1) is 19.2. The lowest BCUT2D eigenvalue weighted by atomic mass is 9.96. The number of ether oxygens (including phenoxy) is 2. The van der Waals surface area contributed by atoms with E-state index in [-0.39, 0.29) is 5.41 Å². The van der Waals surface area contributed by atoms with Gasteiger partial charge < -0.3 is 20.1 Å². The van der Waals surface area contributed by atoms with Crippen LogP contribution in [-0.2, 0) is 14.9 Å². The minimum Gasteiger partial charge on any atom is -0.382 e. The minimum absolute atomic E-state index is 0.209. The quantitative estimate of drug-likeness (QED) is 0.362.